The Kier molecular flexibility index (Phi) is 4.98. The molecule has 1 heterocycles. The number of nitrogens with one attached hydrogen (secondary N) is 1. The molecule has 0 spiro atoms. The summed E-state index contributed by atoms with van der Waals surface area (Å²) in [6, 6.07) is 1.23. The van der Waals surface area contributed by atoms with E-state index < -0.39 is 17.7 Å². The van der Waals surface area contributed by atoms with Crippen molar-refractivity contribution in [2.45, 2.75) is 25.9 Å². The second kappa shape index (κ2) is 6.39. The van der Waals surface area contributed by atoms with E-state index in [4.69, 9.17) is 17.4 Å². The Morgan fingerprint density at radius 2 is 2.00 bits per heavy atom. The van der Waals surface area contributed by atoms with Crippen LogP contribution < -0.4 is 11.3 Å². The number of benzene rings is 1. The van der Waals surface area contributed by atoms with Crippen LogP contribution in [0.1, 0.15) is 37.2 Å². The molecule has 1 aromatic heterocycles. The SMILES string of the molecule is CC(C)n1ncc(Br)c1C(NN)c1cc(F)c(Cl)cc1F. The van der Waals surface area contributed by atoms with E-state index in [0.29, 0.717) is 10.2 Å². The maximum absolute atomic E-state index is 14.1. The third-order valence-corrected chi connectivity index (χ3v) is 3.97. The number of aromatic nitrogens is 2. The molecule has 1 aromatic carbocycles. The number of nitrogens with two attached hydrogens (primary N) is 1. The minimum atomic E-state index is -0.768. The summed E-state index contributed by atoms with van der Waals surface area (Å²) < 4.78 is 30.1. The molecule has 3 N–H and O–H groups in total. The Bertz CT molecular complexity index is 660. The number of hydrogen-bond acceptors (Lipinski definition) is 3. The van der Waals surface area contributed by atoms with Gasteiger partial charge in [0.15, 0.2) is 0 Å². The lowest BCUT2D eigenvalue weighted by molar-refractivity contribution is 0.464. The number of halogens is 4. The number of rotatable bonds is 4. The van der Waals surface area contributed by atoms with Gasteiger partial charge in [-0.25, -0.2) is 14.2 Å². The molecule has 0 saturated heterocycles. The largest absolute Gasteiger partial charge is 0.271 e. The van der Waals surface area contributed by atoms with Gasteiger partial charge in [-0.05, 0) is 41.9 Å². The first-order valence-corrected chi connectivity index (χ1v) is 7.37. The van der Waals surface area contributed by atoms with E-state index in [9.17, 15) is 8.78 Å². The highest BCUT2D eigenvalue weighted by Crippen LogP contribution is 2.33. The first kappa shape index (κ1) is 16.4. The van der Waals surface area contributed by atoms with Crippen LogP contribution in [0.3, 0.4) is 0 Å². The Morgan fingerprint density at radius 3 is 2.57 bits per heavy atom. The maximum Gasteiger partial charge on any atom is 0.142 e. The zero-order valence-corrected chi connectivity index (χ0v) is 13.7. The van der Waals surface area contributed by atoms with Crippen molar-refractivity contribution in [1.29, 1.82) is 0 Å². The van der Waals surface area contributed by atoms with Gasteiger partial charge < -0.3 is 0 Å². The Hall–Kier alpha value is -1.02. The predicted octanol–water partition coefficient (Wildman–Crippen LogP) is 3.71. The van der Waals surface area contributed by atoms with E-state index in [2.05, 4.69) is 26.5 Å². The molecule has 0 amide bonds. The smallest absolute Gasteiger partial charge is 0.142 e. The summed E-state index contributed by atoms with van der Waals surface area (Å²) >= 11 is 8.94. The first-order valence-electron chi connectivity index (χ1n) is 6.20. The second-order valence-corrected chi connectivity index (χ2v) is 6.07. The molecule has 0 bridgehead atoms. The van der Waals surface area contributed by atoms with Gasteiger partial charge in [-0.15, -0.1) is 0 Å². The van der Waals surface area contributed by atoms with Crippen molar-refractivity contribution in [2.75, 3.05) is 0 Å². The summed E-state index contributed by atoms with van der Waals surface area (Å²) in [6.07, 6.45) is 1.59. The van der Waals surface area contributed by atoms with Gasteiger partial charge in [0.1, 0.15) is 11.6 Å². The number of hydrazine groups is 1. The van der Waals surface area contributed by atoms with Crippen molar-refractivity contribution >= 4 is 27.5 Å². The molecular weight excluding hydrogens is 366 g/mol. The van der Waals surface area contributed by atoms with E-state index in [1.807, 2.05) is 13.8 Å². The average molecular weight is 380 g/mol. The van der Waals surface area contributed by atoms with E-state index in [1.165, 1.54) is 0 Å². The Labute approximate surface area is 134 Å². The van der Waals surface area contributed by atoms with Gasteiger partial charge in [0.25, 0.3) is 0 Å². The molecule has 0 aliphatic carbocycles. The topological polar surface area (TPSA) is 55.9 Å². The zero-order valence-electron chi connectivity index (χ0n) is 11.4. The summed E-state index contributed by atoms with van der Waals surface area (Å²) in [5.41, 5.74) is 3.17. The summed E-state index contributed by atoms with van der Waals surface area (Å²) in [5, 5.41) is 3.94. The third-order valence-electron chi connectivity index (χ3n) is 3.07. The molecule has 1 atom stereocenters. The van der Waals surface area contributed by atoms with Crippen molar-refractivity contribution in [3.05, 3.63) is 50.7 Å². The second-order valence-electron chi connectivity index (χ2n) is 4.80. The van der Waals surface area contributed by atoms with Crippen molar-refractivity contribution in [3.8, 4) is 0 Å². The highest BCUT2D eigenvalue weighted by Gasteiger charge is 2.25. The van der Waals surface area contributed by atoms with Crippen molar-refractivity contribution in [3.63, 3.8) is 0 Å². The van der Waals surface area contributed by atoms with E-state index in [1.54, 1.807) is 10.9 Å². The molecule has 114 valence electrons. The third kappa shape index (κ3) is 3.11. The maximum atomic E-state index is 14.1. The summed E-state index contributed by atoms with van der Waals surface area (Å²) in [6.45, 7) is 3.85. The fraction of sp³-hybridized carbons (Fsp3) is 0.308. The zero-order chi connectivity index (χ0) is 15.7. The highest BCUT2D eigenvalue weighted by molar-refractivity contribution is 9.10. The standard InChI is InChI=1S/C13H14BrClF2N4/c1-6(2)21-13(8(14)5-19-21)12(20-18)7-3-11(17)9(15)4-10(7)16/h3-6,12,20H,18H2,1-2H3. The summed E-state index contributed by atoms with van der Waals surface area (Å²) in [7, 11) is 0. The van der Waals surface area contributed by atoms with Crippen LogP contribution in [-0.4, -0.2) is 9.78 Å². The quantitative estimate of drug-likeness (QED) is 0.484. The van der Waals surface area contributed by atoms with Crippen LogP contribution in [-0.2, 0) is 0 Å². The van der Waals surface area contributed by atoms with Gasteiger partial charge in [0.2, 0.25) is 0 Å². The molecule has 0 radical (unpaired) electrons. The van der Waals surface area contributed by atoms with Crippen molar-refractivity contribution in [1.82, 2.24) is 15.2 Å². The van der Waals surface area contributed by atoms with Crippen molar-refractivity contribution < 1.29 is 8.78 Å². The normalized spacial score (nSPS) is 13.0. The van der Waals surface area contributed by atoms with Crippen molar-refractivity contribution in [2.24, 2.45) is 5.84 Å². The van der Waals surface area contributed by atoms with Gasteiger partial charge in [-0.2, -0.15) is 5.10 Å². The predicted molar refractivity (Wildman–Crippen MR) is 80.8 cm³/mol. The Balaban J connectivity index is 2.60. The minimum Gasteiger partial charge on any atom is -0.271 e. The molecule has 21 heavy (non-hydrogen) atoms. The van der Waals surface area contributed by atoms with E-state index in [0.717, 1.165) is 12.1 Å². The number of nitrogens with zero attached hydrogens (tertiary/aromatic N) is 2. The highest BCUT2D eigenvalue weighted by atomic mass is 79.9. The van der Waals surface area contributed by atoms with Gasteiger partial charge in [0, 0.05) is 11.6 Å². The number of hydrogen-bond donors (Lipinski definition) is 2. The molecule has 4 nitrogen and oxygen atoms in total. The van der Waals surface area contributed by atoms with Gasteiger partial charge in [-0.1, -0.05) is 11.6 Å². The fourth-order valence-electron chi connectivity index (χ4n) is 2.11. The van der Waals surface area contributed by atoms with Gasteiger partial charge in [0.05, 0.1) is 27.4 Å². The van der Waals surface area contributed by atoms with Crippen LogP contribution in [0.4, 0.5) is 8.78 Å². The molecule has 1 unspecified atom stereocenters. The monoisotopic (exact) mass is 378 g/mol. The van der Waals surface area contributed by atoms with Crippen LogP contribution in [0.25, 0.3) is 0 Å². The summed E-state index contributed by atoms with van der Waals surface area (Å²) in [5.74, 6) is 4.20. The summed E-state index contributed by atoms with van der Waals surface area (Å²) in [4.78, 5) is 0. The first-order chi connectivity index (χ1) is 9.86. The molecule has 0 saturated carbocycles. The van der Waals surface area contributed by atoms with E-state index >= 15 is 0 Å². The lowest BCUT2D eigenvalue weighted by Gasteiger charge is -2.21. The molecule has 0 aliphatic heterocycles. The van der Waals surface area contributed by atoms with Crippen LogP contribution in [0.15, 0.2) is 22.8 Å². The molecule has 2 rings (SSSR count). The minimum absolute atomic E-state index is 0.0300. The molecule has 0 fully saturated rings. The fourth-order valence-corrected chi connectivity index (χ4v) is 2.76. The van der Waals surface area contributed by atoms with Gasteiger partial charge in [-0.3, -0.25) is 10.5 Å². The molecule has 2 aromatic rings. The molecule has 0 aliphatic rings. The van der Waals surface area contributed by atoms with Crippen LogP contribution in [0.2, 0.25) is 5.02 Å². The van der Waals surface area contributed by atoms with Gasteiger partial charge >= 0.3 is 0 Å². The molecule has 8 heteroatoms. The van der Waals surface area contributed by atoms with Crippen LogP contribution >= 0.6 is 27.5 Å². The van der Waals surface area contributed by atoms with E-state index in [-0.39, 0.29) is 16.6 Å². The lowest BCUT2D eigenvalue weighted by Crippen LogP contribution is -2.32. The van der Waals surface area contributed by atoms with Crippen LogP contribution in [0.5, 0.6) is 0 Å². The Morgan fingerprint density at radius 1 is 1.33 bits per heavy atom. The average Bonchev–Trinajstić information content (AvgIpc) is 2.79. The van der Waals surface area contributed by atoms with Crippen LogP contribution in [0, 0.1) is 11.6 Å². The lowest BCUT2D eigenvalue weighted by atomic mass is 10.0. The molecular formula is C13H14BrClF2N4.